The van der Waals surface area contributed by atoms with Crippen LogP contribution >= 0.6 is 11.3 Å². The molecule has 0 aliphatic heterocycles. The van der Waals surface area contributed by atoms with Gasteiger partial charge in [-0.15, -0.1) is 16.4 Å². The summed E-state index contributed by atoms with van der Waals surface area (Å²) in [5.41, 5.74) is 4.57. The van der Waals surface area contributed by atoms with Crippen LogP contribution in [0.1, 0.15) is 5.69 Å². The molecule has 0 amide bonds. The van der Waals surface area contributed by atoms with Crippen molar-refractivity contribution in [2.45, 2.75) is 6.42 Å². The van der Waals surface area contributed by atoms with Gasteiger partial charge in [0.05, 0.1) is 33.3 Å². The van der Waals surface area contributed by atoms with E-state index in [9.17, 15) is 0 Å². The summed E-state index contributed by atoms with van der Waals surface area (Å²) in [4.78, 5) is 4.23. The van der Waals surface area contributed by atoms with Crippen LogP contribution in [0.15, 0.2) is 29.9 Å². The molecule has 6 heteroatoms. The number of aromatic nitrogens is 4. The van der Waals surface area contributed by atoms with Crippen molar-refractivity contribution in [2.75, 3.05) is 6.61 Å². The van der Waals surface area contributed by atoms with Crippen LogP contribution in [-0.4, -0.2) is 31.7 Å². The van der Waals surface area contributed by atoms with Gasteiger partial charge in [0.2, 0.25) is 0 Å². The maximum atomic E-state index is 8.83. The molecule has 1 aromatic carbocycles. The molecule has 0 bridgehead atoms. The summed E-state index contributed by atoms with van der Waals surface area (Å²) in [5.74, 6) is 0. The highest BCUT2D eigenvalue weighted by atomic mass is 32.1. The first-order valence-corrected chi connectivity index (χ1v) is 6.10. The van der Waals surface area contributed by atoms with Crippen molar-refractivity contribution >= 4 is 21.6 Å². The highest BCUT2D eigenvalue weighted by Crippen LogP contribution is 2.20. The zero-order chi connectivity index (χ0) is 11.7. The highest BCUT2D eigenvalue weighted by molar-refractivity contribution is 7.16. The van der Waals surface area contributed by atoms with E-state index in [1.165, 1.54) is 0 Å². The molecule has 2 heterocycles. The van der Waals surface area contributed by atoms with E-state index in [1.54, 1.807) is 16.0 Å². The summed E-state index contributed by atoms with van der Waals surface area (Å²) in [6, 6.07) is 5.96. The third-order valence-electron chi connectivity index (χ3n) is 2.49. The van der Waals surface area contributed by atoms with Gasteiger partial charge in [-0.25, -0.2) is 9.67 Å². The topological polar surface area (TPSA) is 63.8 Å². The number of aliphatic hydroxyl groups excluding tert-OH is 1. The van der Waals surface area contributed by atoms with E-state index in [-0.39, 0.29) is 6.61 Å². The predicted octanol–water partition coefficient (Wildman–Crippen LogP) is 1.41. The molecule has 0 fully saturated rings. The van der Waals surface area contributed by atoms with E-state index in [2.05, 4.69) is 15.3 Å². The Kier molecular flexibility index (Phi) is 2.58. The van der Waals surface area contributed by atoms with Gasteiger partial charge in [-0.1, -0.05) is 5.21 Å². The van der Waals surface area contributed by atoms with E-state index >= 15 is 0 Å². The first-order chi connectivity index (χ1) is 8.36. The molecular weight excluding hydrogens is 236 g/mol. The number of thiazole rings is 1. The maximum absolute atomic E-state index is 8.83. The lowest BCUT2D eigenvalue weighted by Crippen LogP contribution is -1.94. The van der Waals surface area contributed by atoms with Crippen LogP contribution in [0.4, 0.5) is 0 Å². The van der Waals surface area contributed by atoms with Crippen LogP contribution in [0.3, 0.4) is 0 Å². The molecule has 1 N–H and O–H groups in total. The molecule has 86 valence electrons. The second kappa shape index (κ2) is 4.23. The molecule has 3 aromatic rings. The van der Waals surface area contributed by atoms with Crippen LogP contribution in [0.25, 0.3) is 15.9 Å². The zero-order valence-corrected chi connectivity index (χ0v) is 9.76. The molecule has 0 aliphatic rings. The van der Waals surface area contributed by atoms with Crippen molar-refractivity contribution in [3.8, 4) is 5.69 Å². The molecule has 0 saturated heterocycles. The number of nitrogens with zero attached hydrogens (tertiary/aromatic N) is 4. The Morgan fingerprint density at radius 2 is 2.29 bits per heavy atom. The first-order valence-electron chi connectivity index (χ1n) is 5.22. The monoisotopic (exact) mass is 246 g/mol. The molecule has 0 radical (unpaired) electrons. The number of benzene rings is 1. The van der Waals surface area contributed by atoms with E-state index in [1.807, 2.05) is 29.9 Å². The number of fused-ring (bicyclic) bond motifs is 1. The average molecular weight is 246 g/mol. The lowest BCUT2D eigenvalue weighted by atomic mass is 10.3. The fourth-order valence-electron chi connectivity index (χ4n) is 1.64. The van der Waals surface area contributed by atoms with Gasteiger partial charge in [-0.05, 0) is 18.2 Å². The Hall–Kier alpha value is -1.79. The number of hydrogen-bond donors (Lipinski definition) is 1. The van der Waals surface area contributed by atoms with Gasteiger partial charge >= 0.3 is 0 Å². The minimum atomic E-state index is 0.0899. The molecule has 2 aromatic heterocycles. The molecule has 0 aliphatic carbocycles. The van der Waals surface area contributed by atoms with Gasteiger partial charge in [0.25, 0.3) is 0 Å². The van der Waals surface area contributed by atoms with Gasteiger partial charge in [0.15, 0.2) is 0 Å². The minimum absolute atomic E-state index is 0.0899. The smallest absolute Gasteiger partial charge is 0.0854 e. The quantitative estimate of drug-likeness (QED) is 0.759. The van der Waals surface area contributed by atoms with E-state index in [4.69, 9.17) is 5.11 Å². The predicted molar refractivity (Wildman–Crippen MR) is 65.3 cm³/mol. The summed E-state index contributed by atoms with van der Waals surface area (Å²) in [6.07, 6.45) is 2.36. The summed E-state index contributed by atoms with van der Waals surface area (Å²) < 4.78 is 2.84. The van der Waals surface area contributed by atoms with Crippen molar-refractivity contribution in [2.24, 2.45) is 0 Å². The molecule has 0 atom stereocenters. The van der Waals surface area contributed by atoms with Gasteiger partial charge in [0.1, 0.15) is 0 Å². The summed E-state index contributed by atoms with van der Waals surface area (Å²) in [5, 5.41) is 16.9. The Morgan fingerprint density at radius 3 is 3.18 bits per heavy atom. The Bertz CT molecular complexity index is 646. The van der Waals surface area contributed by atoms with Crippen molar-refractivity contribution in [1.82, 2.24) is 20.0 Å². The lowest BCUT2D eigenvalue weighted by molar-refractivity contribution is 0.298. The average Bonchev–Trinajstić information content (AvgIpc) is 2.96. The van der Waals surface area contributed by atoms with Crippen LogP contribution in [0.5, 0.6) is 0 Å². The third kappa shape index (κ3) is 1.92. The SMILES string of the molecule is OCCc1cn(-c2ccc3ncsc3c2)nn1. The van der Waals surface area contributed by atoms with Crippen molar-refractivity contribution < 1.29 is 5.11 Å². The van der Waals surface area contributed by atoms with Crippen LogP contribution < -0.4 is 0 Å². The van der Waals surface area contributed by atoms with Crippen LogP contribution in [0.2, 0.25) is 0 Å². The van der Waals surface area contributed by atoms with Crippen LogP contribution in [0, 0.1) is 0 Å². The fraction of sp³-hybridized carbons (Fsp3) is 0.182. The van der Waals surface area contributed by atoms with E-state index in [0.717, 1.165) is 21.6 Å². The molecule has 0 unspecified atom stereocenters. The van der Waals surface area contributed by atoms with E-state index in [0.29, 0.717) is 6.42 Å². The van der Waals surface area contributed by atoms with Crippen LogP contribution in [-0.2, 0) is 6.42 Å². The molecular formula is C11H10N4OS. The van der Waals surface area contributed by atoms with Crippen molar-refractivity contribution in [3.63, 3.8) is 0 Å². The highest BCUT2D eigenvalue weighted by Gasteiger charge is 2.04. The largest absolute Gasteiger partial charge is 0.396 e. The summed E-state index contributed by atoms with van der Waals surface area (Å²) in [7, 11) is 0. The van der Waals surface area contributed by atoms with Gasteiger partial charge in [-0.3, -0.25) is 0 Å². The van der Waals surface area contributed by atoms with Gasteiger partial charge < -0.3 is 5.11 Å². The Labute approximate surface area is 101 Å². The fourth-order valence-corrected chi connectivity index (χ4v) is 2.35. The van der Waals surface area contributed by atoms with Gasteiger partial charge in [0, 0.05) is 13.0 Å². The zero-order valence-electron chi connectivity index (χ0n) is 8.95. The normalized spacial score (nSPS) is 11.1. The summed E-state index contributed by atoms with van der Waals surface area (Å²) in [6.45, 7) is 0.0899. The van der Waals surface area contributed by atoms with Crippen molar-refractivity contribution in [1.29, 1.82) is 0 Å². The molecule has 17 heavy (non-hydrogen) atoms. The number of rotatable bonds is 3. The molecule has 3 rings (SSSR count). The number of hydrogen-bond acceptors (Lipinski definition) is 5. The molecule has 0 saturated carbocycles. The summed E-state index contributed by atoms with van der Waals surface area (Å²) >= 11 is 1.60. The minimum Gasteiger partial charge on any atom is -0.396 e. The van der Waals surface area contributed by atoms with E-state index < -0.39 is 0 Å². The molecule has 5 nitrogen and oxygen atoms in total. The third-order valence-corrected chi connectivity index (χ3v) is 3.28. The Balaban J connectivity index is 2.00. The standard InChI is InChI=1S/C11H10N4OS/c16-4-3-8-6-15(14-13-8)9-1-2-10-11(5-9)17-7-12-10/h1-2,5-7,16H,3-4H2. The van der Waals surface area contributed by atoms with Gasteiger partial charge in [-0.2, -0.15) is 0 Å². The second-order valence-electron chi connectivity index (χ2n) is 3.63. The number of aliphatic hydroxyl groups is 1. The lowest BCUT2D eigenvalue weighted by Gasteiger charge is -1.98. The van der Waals surface area contributed by atoms with Crippen molar-refractivity contribution in [3.05, 3.63) is 35.6 Å². The first kappa shape index (κ1) is 10.4. The Morgan fingerprint density at radius 1 is 1.35 bits per heavy atom. The maximum Gasteiger partial charge on any atom is 0.0854 e. The second-order valence-corrected chi connectivity index (χ2v) is 4.52. The molecule has 0 spiro atoms.